The minimum atomic E-state index is -0.232. The summed E-state index contributed by atoms with van der Waals surface area (Å²) in [5.74, 6) is -0.100. The third-order valence-corrected chi connectivity index (χ3v) is 3.49. The standard InChI is InChI=1S/C14H16O3/c1-7-4-11-12(5-8(7)2)14(17)10(9(3)15)6-13(11)16/h6,16-17H,4-5H2,1-3H3. The van der Waals surface area contributed by atoms with Crippen LogP contribution in [0.5, 0.6) is 11.5 Å². The van der Waals surface area contributed by atoms with Crippen LogP contribution in [0.15, 0.2) is 17.2 Å². The topological polar surface area (TPSA) is 57.5 Å². The van der Waals surface area contributed by atoms with E-state index in [2.05, 4.69) is 0 Å². The average molecular weight is 232 g/mol. The van der Waals surface area contributed by atoms with Crippen molar-refractivity contribution in [3.63, 3.8) is 0 Å². The maximum atomic E-state index is 11.4. The van der Waals surface area contributed by atoms with E-state index in [0.29, 0.717) is 18.4 Å². The van der Waals surface area contributed by atoms with Crippen LogP contribution in [-0.2, 0) is 12.8 Å². The van der Waals surface area contributed by atoms with Gasteiger partial charge in [0.2, 0.25) is 0 Å². The second-order valence-corrected chi connectivity index (χ2v) is 4.72. The third kappa shape index (κ3) is 1.82. The molecule has 0 atom stereocenters. The summed E-state index contributed by atoms with van der Waals surface area (Å²) in [5.41, 5.74) is 4.04. The minimum Gasteiger partial charge on any atom is -0.508 e. The van der Waals surface area contributed by atoms with Crippen molar-refractivity contribution in [3.05, 3.63) is 33.9 Å². The lowest BCUT2D eigenvalue weighted by Gasteiger charge is -2.22. The van der Waals surface area contributed by atoms with E-state index in [1.54, 1.807) is 0 Å². The van der Waals surface area contributed by atoms with E-state index in [1.807, 2.05) is 13.8 Å². The van der Waals surface area contributed by atoms with Crippen molar-refractivity contribution in [1.82, 2.24) is 0 Å². The molecule has 0 saturated heterocycles. The van der Waals surface area contributed by atoms with Gasteiger partial charge in [0.1, 0.15) is 11.5 Å². The number of hydrogen-bond donors (Lipinski definition) is 2. The van der Waals surface area contributed by atoms with E-state index in [0.717, 1.165) is 5.56 Å². The number of aromatic hydroxyl groups is 2. The Balaban J connectivity index is 2.65. The summed E-state index contributed by atoms with van der Waals surface area (Å²) in [6.07, 6.45) is 1.24. The van der Waals surface area contributed by atoms with Crippen LogP contribution in [0.3, 0.4) is 0 Å². The molecule has 0 saturated carbocycles. The Labute approximate surface area is 100 Å². The van der Waals surface area contributed by atoms with Gasteiger partial charge in [-0.3, -0.25) is 4.79 Å². The molecule has 1 aromatic rings. The zero-order valence-electron chi connectivity index (χ0n) is 10.3. The first-order chi connectivity index (χ1) is 7.91. The molecule has 2 rings (SSSR count). The Kier molecular flexibility index (Phi) is 2.69. The number of ketones is 1. The highest BCUT2D eigenvalue weighted by molar-refractivity contribution is 5.98. The second-order valence-electron chi connectivity index (χ2n) is 4.72. The first kappa shape index (κ1) is 11.7. The largest absolute Gasteiger partial charge is 0.508 e. The monoisotopic (exact) mass is 232 g/mol. The number of hydrogen-bond acceptors (Lipinski definition) is 3. The van der Waals surface area contributed by atoms with Crippen molar-refractivity contribution in [2.75, 3.05) is 0 Å². The van der Waals surface area contributed by atoms with Gasteiger partial charge in [0.15, 0.2) is 5.78 Å². The fourth-order valence-electron chi connectivity index (χ4n) is 2.24. The van der Waals surface area contributed by atoms with Crippen LogP contribution in [0, 0.1) is 0 Å². The van der Waals surface area contributed by atoms with Gasteiger partial charge in [-0.2, -0.15) is 0 Å². The average Bonchev–Trinajstić information content (AvgIpc) is 2.25. The smallest absolute Gasteiger partial charge is 0.163 e. The number of rotatable bonds is 1. The summed E-state index contributed by atoms with van der Waals surface area (Å²) >= 11 is 0. The Hall–Kier alpha value is -1.77. The molecular weight excluding hydrogens is 216 g/mol. The molecular formula is C14H16O3. The van der Waals surface area contributed by atoms with Crippen molar-refractivity contribution in [2.45, 2.75) is 33.6 Å². The van der Waals surface area contributed by atoms with Crippen LogP contribution in [0.2, 0.25) is 0 Å². The Morgan fingerprint density at radius 1 is 1.12 bits per heavy atom. The molecule has 0 amide bonds. The summed E-state index contributed by atoms with van der Waals surface area (Å²) in [4.78, 5) is 11.4. The van der Waals surface area contributed by atoms with Crippen molar-refractivity contribution < 1.29 is 15.0 Å². The summed E-state index contributed by atoms with van der Waals surface area (Å²) < 4.78 is 0. The summed E-state index contributed by atoms with van der Waals surface area (Å²) in [6, 6.07) is 1.37. The number of fused-ring (bicyclic) bond motifs is 1. The zero-order valence-corrected chi connectivity index (χ0v) is 10.3. The molecule has 1 aliphatic rings. The van der Waals surface area contributed by atoms with E-state index >= 15 is 0 Å². The van der Waals surface area contributed by atoms with E-state index in [4.69, 9.17) is 0 Å². The SMILES string of the molecule is CC(=O)c1cc(O)c2c(c1O)CC(C)=C(C)C2. The third-order valence-electron chi connectivity index (χ3n) is 3.49. The lowest BCUT2D eigenvalue weighted by atomic mass is 9.84. The fraction of sp³-hybridized carbons (Fsp3) is 0.357. The Morgan fingerprint density at radius 3 is 2.18 bits per heavy atom. The van der Waals surface area contributed by atoms with Gasteiger partial charge in [0.05, 0.1) is 5.56 Å². The summed E-state index contributed by atoms with van der Waals surface area (Å²) in [7, 11) is 0. The quantitative estimate of drug-likeness (QED) is 0.444. The maximum Gasteiger partial charge on any atom is 0.163 e. The Bertz CT molecular complexity index is 539. The van der Waals surface area contributed by atoms with Gasteiger partial charge in [-0.15, -0.1) is 0 Å². The predicted octanol–water partition coefficient (Wildman–Crippen LogP) is 2.74. The lowest BCUT2D eigenvalue weighted by Crippen LogP contribution is -2.08. The second kappa shape index (κ2) is 3.91. The van der Waals surface area contributed by atoms with Crippen LogP contribution in [0.4, 0.5) is 0 Å². The van der Waals surface area contributed by atoms with Crippen LogP contribution in [-0.4, -0.2) is 16.0 Å². The highest BCUT2D eigenvalue weighted by Crippen LogP contribution is 2.39. The van der Waals surface area contributed by atoms with E-state index in [-0.39, 0.29) is 22.8 Å². The molecule has 17 heavy (non-hydrogen) atoms. The molecule has 1 aromatic carbocycles. The van der Waals surface area contributed by atoms with Crippen molar-refractivity contribution in [1.29, 1.82) is 0 Å². The molecule has 3 nitrogen and oxygen atoms in total. The van der Waals surface area contributed by atoms with Gasteiger partial charge >= 0.3 is 0 Å². The number of carbonyl (C=O) groups excluding carboxylic acids is 1. The first-order valence-corrected chi connectivity index (χ1v) is 5.64. The van der Waals surface area contributed by atoms with E-state index < -0.39 is 0 Å². The van der Waals surface area contributed by atoms with Gasteiger partial charge in [0.25, 0.3) is 0 Å². The van der Waals surface area contributed by atoms with Crippen molar-refractivity contribution in [3.8, 4) is 11.5 Å². The maximum absolute atomic E-state index is 11.4. The molecule has 0 radical (unpaired) electrons. The number of phenols is 2. The van der Waals surface area contributed by atoms with Crippen LogP contribution >= 0.6 is 0 Å². The number of Topliss-reactive ketones (excluding diaryl/α,β-unsaturated/α-hetero) is 1. The van der Waals surface area contributed by atoms with Gasteiger partial charge in [-0.1, -0.05) is 11.1 Å². The molecule has 90 valence electrons. The Morgan fingerprint density at radius 2 is 1.65 bits per heavy atom. The van der Waals surface area contributed by atoms with Crippen LogP contribution in [0.25, 0.3) is 0 Å². The molecule has 0 aliphatic heterocycles. The van der Waals surface area contributed by atoms with Gasteiger partial charge in [0, 0.05) is 11.1 Å². The van der Waals surface area contributed by atoms with Gasteiger partial charge in [-0.25, -0.2) is 0 Å². The van der Waals surface area contributed by atoms with Crippen molar-refractivity contribution >= 4 is 5.78 Å². The number of phenolic OH excluding ortho intramolecular Hbond substituents is 2. The molecule has 0 unspecified atom stereocenters. The molecule has 0 bridgehead atoms. The van der Waals surface area contributed by atoms with E-state index in [1.165, 1.54) is 24.1 Å². The first-order valence-electron chi connectivity index (χ1n) is 5.64. The predicted molar refractivity (Wildman–Crippen MR) is 65.6 cm³/mol. The van der Waals surface area contributed by atoms with Gasteiger partial charge in [-0.05, 0) is 39.7 Å². The molecule has 3 heteroatoms. The molecule has 0 fully saturated rings. The molecule has 0 spiro atoms. The lowest BCUT2D eigenvalue weighted by molar-refractivity contribution is 0.101. The number of carbonyl (C=O) groups is 1. The molecule has 0 aromatic heterocycles. The fourth-order valence-corrected chi connectivity index (χ4v) is 2.24. The van der Waals surface area contributed by atoms with E-state index in [9.17, 15) is 15.0 Å². The normalized spacial score (nSPS) is 14.8. The molecule has 1 aliphatic carbocycles. The molecule has 0 heterocycles. The summed E-state index contributed by atoms with van der Waals surface area (Å²) in [6.45, 7) is 5.42. The highest BCUT2D eigenvalue weighted by Gasteiger charge is 2.23. The minimum absolute atomic E-state index is 0.0251. The van der Waals surface area contributed by atoms with Crippen molar-refractivity contribution in [2.24, 2.45) is 0 Å². The summed E-state index contributed by atoms with van der Waals surface area (Å²) in [5, 5.41) is 20.0. The zero-order chi connectivity index (χ0) is 12.7. The van der Waals surface area contributed by atoms with Crippen LogP contribution < -0.4 is 0 Å². The highest BCUT2D eigenvalue weighted by atomic mass is 16.3. The van der Waals surface area contributed by atoms with Crippen LogP contribution in [0.1, 0.15) is 42.3 Å². The number of allylic oxidation sites excluding steroid dienone is 2. The van der Waals surface area contributed by atoms with Gasteiger partial charge < -0.3 is 10.2 Å². The molecule has 2 N–H and O–H groups in total. The number of benzene rings is 1.